The minimum absolute atomic E-state index is 1.08. The van der Waals surface area contributed by atoms with Gasteiger partial charge in [0, 0.05) is 0 Å². The molecule has 0 aliphatic heterocycles. The van der Waals surface area contributed by atoms with Crippen LogP contribution in [0.1, 0.15) is 12.0 Å². The summed E-state index contributed by atoms with van der Waals surface area (Å²) in [6.45, 7) is 0. The van der Waals surface area contributed by atoms with Crippen molar-refractivity contribution in [3.05, 3.63) is 59.7 Å². The highest BCUT2D eigenvalue weighted by Gasteiger charge is 1.98. The average molecular weight is 156 g/mol. The van der Waals surface area contributed by atoms with Crippen molar-refractivity contribution >= 4 is 0 Å². The predicted octanol–water partition coefficient (Wildman–Crippen LogP) is 3.12. The zero-order valence-electron chi connectivity index (χ0n) is 7.03. The Bertz CT molecular complexity index is 304. The Labute approximate surface area is 73.2 Å². The van der Waals surface area contributed by atoms with Crippen molar-refractivity contribution in [2.75, 3.05) is 0 Å². The molecule has 0 spiro atoms. The third-order valence-corrected chi connectivity index (χ3v) is 2.10. The molecule has 0 radical (unpaired) electrons. The molecule has 0 atom stereocenters. The summed E-state index contributed by atoms with van der Waals surface area (Å²) in [5.41, 5.74) is 2.84. The van der Waals surface area contributed by atoms with Gasteiger partial charge in [-0.15, -0.1) is 0 Å². The Morgan fingerprint density at radius 1 is 1.08 bits per heavy atom. The second-order valence-corrected chi connectivity index (χ2v) is 3.08. The van der Waals surface area contributed by atoms with Crippen LogP contribution < -0.4 is 0 Å². The number of rotatable bonds is 2. The summed E-state index contributed by atoms with van der Waals surface area (Å²) in [4.78, 5) is 0. The van der Waals surface area contributed by atoms with Crippen molar-refractivity contribution in [2.24, 2.45) is 0 Å². The molecule has 12 heavy (non-hydrogen) atoms. The zero-order chi connectivity index (χ0) is 8.23. The van der Waals surface area contributed by atoms with Gasteiger partial charge in [-0.1, -0.05) is 48.6 Å². The molecule has 0 nitrogen and oxygen atoms in total. The van der Waals surface area contributed by atoms with E-state index in [2.05, 4.69) is 48.6 Å². The van der Waals surface area contributed by atoms with E-state index in [0.29, 0.717) is 0 Å². The summed E-state index contributed by atoms with van der Waals surface area (Å²) in [6, 6.07) is 10.6. The summed E-state index contributed by atoms with van der Waals surface area (Å²) in [7, 11) is 0. The average Bonchev–Trinajstić information content (AvgIpc) is 2.59. The smallest absolute Gasteiger partial charge is 0.00289 e. The third kappa shape index (κ3) is 1.65. The van der Waals surface area contributed by atoms with Crippen LogP contribution in [-0.4, -0.2) is 0 Å². The van der Waals surface area contributed by atoms with Gasteiger partial charge in [0.15, 0.2) is 0 Å². The lowest BCUT2D eigenvalue weighted by atomic mass is 10.1. The first-order chi connectivity index (χ1) is 5.95. The van der Waals surface area contributed by atoms with Crippen molar-refractivity contribution in [1.29, 1.82) is 0 Å². The van der Waals surface area contributed by atoms with E-state index in [1.807, 2.05) is 0 Å². The molecule has 60 valence electrons. The maximum Gasteiger partial charge on any atom is -0.00289 e. The van der Waals surface area contributed by atoms with Crippen LogP contribution in [0.15, 0.2) is 54.1 Å². The molecule has 0 saturated carbocycles. The predicted molar refractivity (Wildman–Crippen MR) is 52.0 cm³/mol. The summed E-state index contributed by atoms with van der Waals surface area (Å²) in [5, 5.41) is 0. The SMILES string of the molecule is C1=CC(Cc2ccccc2)=CC1. The van der Waals surface area contributed by atoms with E-state index < -0.39 is 0 Å². The van der Waals surface area contributed by atoms with Gasteiger partial charge in [-0.2, -0.15) is 0 Å². The molecular formula is C12H12. The maximum atomic E-state index is 2.28. The van der Waals surface area contributed by atoms with E-state index in [1.54, 1.807) is 0 Å². The molecule has 1 aromatic carbocycles. The lowest BCUT2D eigenvalue weighted by Gasteiger charge is -1.98. The fourth-order valence-corrected chi connectivity index (χ4v) is 1.47. The van der Waals surface area contributed by atoms with Gasteiger partial charge in [0.25, 0.3) is 0 Å². The fourth-order valence-electron chi connectivity index (χ4n) is 1.47. The van der Waals surface area contributed by atoms with Crippen molar-refractivity contribution in [2.45, 2.75) is 12.8 Å². The topological polar surface area (TPSA) is 0 Å². The molecule has 1 aromatic rings. The van der Waals surface area contributed by atoms with Crippen LogP contribution in [0.4, 0.5) is 0 Å². The van der Waals surface area contributed by atoms with E-state index in [9.17, 15) is 0 Å². The van der Waals surface area contributed by atoms with Gasteiger partial charge >= 0.3 is 0 Å². The van der Waals surface area contributed by atoms with Crippen molar-refractivity contribution in [3.8, 4) is 0 Å². The number of benzene rings is 1. The Morgan fingerprint density at radius 3 is 2.58 bits per heavy atom. The number of hydrogen-bond acceptors (Lipinski definition) is 0. The Kier molecular flexibility index (Phi) is 2.08. The highest BCUT2D eigenvalue weighted by Crippen LogP contribution is 2.14. The van der Waals surface area contributed by atoms with Gasteiger partial charge in [-0.05, 0) is 24.0 Å². The number of allylic oxidation sites excluding steroid dienone is 4. The van der Waals surface area contributed by atoms with Crippen LogP contribution >= 0.6 is 0 Å². The fraction of sp³-hybridized carbons (Fsp3) is 0.167. The monoisotopic (exact) mass is 156 g/mol. The standard InChI is InChI=1S/C12H12/c1-2-6-11(7-3-1)10-12-8-4-5-9-12/h1-4,6-9H,5,10H2. The van der Waals surface area contributed by atoms with Crippen LogP contribution in [0.5, 0.6) is 0 Å². The molecule has 0 amide bonds. The van der Waals surface area contributed by atoms with Crippen LogP contribution in [-0.2, 0) is 6.42 Å². The van der Waals surface area contributed by atoms with E-state index in [0.717, 1.165) is 12.8 Å². The van der Waals surface area contributed by atoms with Gasteiger partial charge in [0.1, 0.15) is 0 Å². The van der Waals surface area contributed by atoms with Gasteiger partial charge in [-0.3, -0.25) is 0 Å². The lowest BCUT2D eigenvalue weighted by molar-refractivity contribution is 1.20. The van der Waals surface area contributed by atoms with Gasteiger partial charge in [0.2, 0.25) is 0 Å². The molecule has 0 aromatic heterocycles. The van der Waals surface area contributed by atoms with Gasteiger partial charge in [0.05, 0.1) is 0 Å². The second kappa shape index (κ2) is 3.40. The molecule has 0 N–H and O–H groups in total. The van der Waals surface area contributed by atoms with Gasteiger partial charge in [-0.25, -0.2) is 0 Å². The summed E-state index contributed by atoms with van der Waals surface area (Å²) < 4.78 is 0. The molecule has 2 rings (SSSR count). The normalized spacial score (nSPS) is 14.8. The van der Waals surface area contributed by atoms with Crippen molar-refractivity contribution in [3.63, 3.8) is 0 Å². The Morgan fingerprint density at radius 2 is 1.92 bits per heavy atom. The highest BCUT2D eigenvalue weighted by atomic mass is 14.0. The molecular weight excluding hydrogens is 144 g/mol. The molecule has 0 bridgehead atoms. The second-order valence-electron chi connectivity index (χ2n) is 3.08. The highest BCUT2D eigenvalue weighted by molar-refractivity contribution is 5.32. The molecule has 0 heteroatoms. The lowest BCUT2D eigenvalue weighted by Crippen LogP contribution is -1.84. The Balaban J connectivity index is 2.09. The summed E-state index contributed by atoms with van der Waals surface area (Å²) >= 11 is 0. The molecule has 1 aliphatic carbocycles. The van der Waals surface area contributed by atoms with Crippen molar-refractivity contribution < 1.29 is 0 Å². The van der Waals surface area contributed by atoms with Crippen LogP contribution in [0.3, 0.4) is 0 Å². The molecule has 1 aliphatic rings. The summed E-state index contributed by atoms with van der Waals surface area (Å²) in [6.07, 6.45) is 8.90. The molecule has 0 unspecified atom stereocenters. The maximum absolute atomic E-state index is 2.28. The van der Waals surface area contributed by atoms with Crippen LogP contribution in [0.2, 0.25) is 0 Å². The first kappa shape index (κ1) is 7.35. The zero-order valence-corrected chi connectivity index (χ0v) is 7.03. The van der Waals surface area contributed by atoms with Gasteiger partial charge < -0.3 is 0 Å². The summed E-state index contributed by atoms with van der Waals surface area (Å²) in [5.74, 6) is 0. The molecule has 0 heterocycles. The minimum Gasteiger partial charge on any atom is -0.0805 e. The third-order valence-electron chi connectivity index (χ3n) is 2.10. The van der Waals surface area contributed by atoms with Crippen LogP contribution in [0, 0.1) is 0 Å². The molecule has 0 fully saturated rings. The largest absolute Gasteiger partial charge is 0.0805 e. The van der Waals surface area contributed by atoms with E-state index >= 15 is 0 Å². The van der Waals surface area contributed by atoms with E-state index in [4.69, 9.17) is 0 Å². The van der Waals surface area contributed by atoms with E-state index in [-0.39, 0.29) is 0 Å². The minimum atomic E-state index is 1.08. The van der Waals surface area contributed by atoms with E-state index in [1.165, 1.54) is 11.1 Å². The molecule has 0 saturated heterocycles. The van der Waals surface area contributed by atoms with Crippen LogP contribution in [0.25, 0.3) is 0 Å². The first-order valence-corrected chi connectivity index (χ1v) is 4.34. The number of hydrogen-bond donors (Lipinski definition) is 0. The Hall–Kier alpha value is -1.30. The van der Waals surface area contributed by atoms with Crippen molar-refractivity contribution in [1.82, 2.24) is 0 Å². The first-order valence-electron chi connectivity index (χ1n) is 4.34. The quantitative estimate of drug-likeness (QED) is 0.617.